The lowest BCUT2D eigenvalue weighted by molar-refractivity contribution is 0.111. The van der Waals surface area contributed by atoms with Crippen molar-refractivity contribution in [2.75, 3.05) is 5.32 Å². The molecular formula is C7H5N3OS. The number of anilines is 1. The normalized spacial score (nSPS) is 13.3. The Morgan fingerprint density at radius 3 is 3.33 bits per heavy atom. The Balaban J connectivity index is 2.46. The number of rotatable bonds is 1. The van der Waals surface area contributed by atoms with E-state index in [1.165, 1.54) is 11.8 Å². The Bertz CT molecular complexity index is 351. The quantitative estimate of drug-likeness (QED) is 0.658. The van der Waals surface area contributed by atoms with Crippen LogP contribution in [-0.2, 0) is 0 Å². The van der Waals surface area contributed by atoms with E-state index in [0.29, 0.717) is 12.1 Å². The third-order valence-corrected chi connectivity index (χ3v) is 2.19. The van der Waals surface area contributed by atoms with Crippen LogP contribution in [-0.4, -0.2) is 16.3 Å². The van der Waals surface area contributed by atoms with Gasteiger partial charge in [-0.05, 0) is 5.41 Å². The second-order valence-corrected chi connectivity index (χ2v) is 3.07. The maximum atomic E-state index is 10.3. The summed E-state index contributed by atoms with van der Waals surface area (Å²) in [7, 11) is 0. The summed E-state index contributed by atoms with van der Waals surface area (Å²) < 4.78 is 0. The Morgan fingerprint density at radius 1 is 1.58 bits per heavy atom. The monoisotopic (exact) mass is 179 g/mol. The minimum absolute atomic E-state index is 0.206. The van der Waals surface area contributed by atoms with Crippen molar-refractivity contribution in [3.8, 4) is 0 Å². The summed E-state index contributed by atoms with van der Waals surface area (Å²) in [6.07, 6.45) is 4.03. The fourth-order valence-electron chi connectivity index (χ4n) is 0.851. The van der Waals surface area contributed by atoms with Gasteiger partial charge in [0, 0.05) is 12.4 Å². The van der Waals surface area contributed by atoms with Crippen LogP contribution in [0.3, 0.4) is 0 Å². The molecule has 5 heteroatoms. The minimum Gasteiger partial charge on any atom is -0.345 e. The molecule has 0 saturated heterocycles. The molecule has 2 heterocycles. The van der Waals surface area contributed by atoms with Gasteiger partial charge in [-0.25, -0.2) is 9.97 Å². The molecule has 2 rings (SSSR count). The number of hydrogen-bond acceptors (Lipinski definition) is 5. The van der Waals surface area contributed by atoms with Crippen molar-refractivity contribution >= 4 is 23.9 Å². The van der Waals surface area contributed by atoms with Crippen LogP contribution in [0.1, 0.15) is 10.6 Å². The highest BCUT2D eigenvalue weighted by Gasteiger charge is 2.07. The van der Waals surface area contributed by atoms with Crippen molar-refractivity contribution in [3.63, 3.8) is 0 Å². The van der Waals surface area contributed by atoms with E-state index in [1.54, 1.807) is 12.4 Å². The van der Waals surface area contributed by atoms with Crippen LogP contribution in [0.4, 0.5) is 5.82 Å². The molecule has 1 aliphatic heterocycles. The molecule has 0 fully saturated rings. The van der Waals surface area contributed by atoms with Gasteiger partial charge in [0.25, 0.3) is 0 Å². The van der Waals surface area contributed by atoms with E-state index in [0.717, 1.165) is 4.90 Å². The van der Waals surface area contributed by atoms with E-state index in [9.17, 15) is 4.79 Å². The summed E-state index contributed by atoms with van der Waals surface area (Å²) >= 11 is 1.52. The zero-order valence-corrected chi connectivity index (χ0v) is 6.84. The van der Waals surface area contributed by atoms with E-state index < -0.39 is 0 Å². The largest absolute Gasteiger partial charge is 0.345 e. The first-order chi connectivity index (χ1) is 5.90. The predicted molar refractivity (Wildman–Crippen MR) is 46.0 cm³/mol. The smallest absolute Gasteiger partial charge is 0.194 e. The predicted octanol–water partition coefficient (Wildman–Crippen LogP) is 1.28. The number of carbonyl (C=O) groups is 1. The highest BCUT2D eigenvalue weighted by molar-refractivity contribution is 8.02. The van der Waals surface area contributed by atoms with Crippen molar-refractivity contribution in [2.45, 2.75) is 4.90 Å². The highest BCUT2D eigenvalue weighted by atomic mass is 32.2. The third kappa shape index (κ3) is 1.18. The highest BCUT2D eigenvalue weighted by Crippen LogP contribution is 2.28. The van der Waals surface area contributed by atoms with E-state index in [-0.39, 0.29) is 5.82 Å². The molecular weight excluding hydrogens is 174 g/mol. The van der Waals surface area contributed by atoms with Crippen LogP contribution in [0.2, 0.25) is 0 Å². The molecule has 0 unspecified atom stereocenters. The van der Waals surface area contributed by atoms with Crippen molar-refractivity contribution in [1.29, 1.82) is 0 Å². The number of nitrogens with one attached hydrogen (secondary N) is 1. The van der Waals surface area contributed by atoms with Gasteiger partial charge in [-0.3, -0.25) is 4.79 Å². The van der Waals surface area contributed by atoms with E-state index >= 15 is 0 Å². The molecule has 1 aromatic heterocycles. The first kappa shape index (κ1) is 7.30. The van der Waals surface area contributed by atoms with Crippen molar-refractivity contribution in [3.05, 3.63) is 23.6 Å². The molecule has 0 amide bonds. The summed E-state index contributed by atoms with van der Waals surface area (Å²) in [6, 6.07) is 0. The molecule has 0 radical (unpaired) electrons. The summed E-state index contributed by atoms with van der Waals surface area (Å²) in [4.78, 5) is 19.1. The molecule has 1 aromatic rings. The van der Waals surface area contributed by atoms with E-state index in [4.69, 9.17) is 0 Å². The molecule has 0 saturated carbocycles. The fourth-order valence-corrected chi connectivity index (χ4v) is 1.46. The molecule has 0 aliphatic carbocycles. The van der Waals surface area contributed by atoms with Gasteiger partial charge in [0.15, 0.2) is 12.1 Å². The molecule has 0 bridgehead atoms. The summed E-state index contributed by atoms with van der Waals surface area (Å²) in [5, 5.41) is 4.82. The lowest BCUT2D eigenvalue weighted by Gasteiger charge is -2.09. The molecule has 12 heavy (non-hydrogen) atoms. The maximum absolute atomic E-state index is 10.3. The average Bonchev–Trinajstić information content (AvgIpc) is 2.17. The Hall–Kier alpha value is -1.36. The number of aromatic nitrogens is 2. The maximum Gasteiger partial charge on any atom is 0.194 e. The molecule has 60 valence electrons. The third-order valence-electron chi connectivity index (χ3n) is 1.36. The van der Waals surface area contributed by atoms with Gasteiger partial charge in [-0.1, -0.05) is 11.8 Å². The topological polar surface area (TPSA) is 54.9 Å². The van der Waals surface area contributed by atoms with Gasteiger partial charge in [-0.15, -0.1) is 0 Å². The van der Waals surface area contributed by atoms with Crippen LogP contribution in [0, 0.1) is 0 Å². The average molecular weight is 179 g/mol. The Kier molecular flexibility index (Phi) is 1.79. The number of nitrogens with zero attached hydrogens (tertiary/aromatic N) is 2. The van der Waals surface area contributed by atoms with Crippen LogP contribution in [0.15, 0.2) is 22.7 Å². The lowest BCUT2D eigenvalue weighted by atomic mass is 10.5. The summed E-state index contributed by atoms with van der Waals surface area (Å²) in [5.41, 5.74) is 0. The number of fused-ring (bicyclic) bond motifs is 1. The van der Waals surface area contributed by atoms with Crippen molar-refractivity contribution < 1.29 is 4.79 Å². The Morgan fingerprint density at radius 2 is 2.50 bits per heavy atom. The van der Waals surface area contributed by atoms with Gasteiger partial charge in [0.05, 0.1) is 4.90 Å². The zero-order valence-electron chi connectivity index (χ0n) is 6.02. The number of carbonyl (C=O) groups excluding carboxylic acids is 1. The minimum atomic E-state index is 0.206. The number of hydrogen-bond donors (Lipinski definition) is 1. The van der Waals surface area contributed by atoms with Crippen LogP contribution >= 0.6 is 11.8 Å². The number of thioether (sulfide) groups is 1. The first-order valence-electron chi connectivity index (χ1n) is 3.30. The lowest BCUT2D eigenvalue weighted by Crippen LogP contribution is -2.01. The SMILES string of the molecule is O=Cc1ncc2c(n1)NC=CS2. The molecule has 1 N–H and O–H groups in total. The van der Waals surface area contributed by atoms with Gasteiger partial charge in [0.1, 0.15) is 5.82 Å². The van der Waals surface area contributed by atoms with Gasteiger partial charge >= 0.3 is 0 Å². The van der Waals surface area contributed by atoms with Crippen molar-refractivity contribution in [1.82, 2.24) is 9.97 Å². The second-order valence-electron chi connectivity index (χ2n) is 2.12. The van der Waals surface area contributed by atoms with Crippen molar-refractivity contribution in [2.24, 2.45) is 0 Å². The Labute approximate surface area is 73.1 Å². The number of aldehydes is 1. The van der Waals surface area contributed by atoms with Gasteiger partial charge in [-0.2, -0.15) is 0 Å². The van der Waals surface area contributed by atoms with Gasteiger partial charge in [0.2, 0.25) is 0 Å². The molecule has 0 aromatic carbocycles. The van der Waals surface area contributed by atoms with Crippen LogP contribution in [0.25, 0.3) is 0 Å². The zero-order chi connectivity index (χ0) is 8.39. The summed E-state index contributed by atoms with van der Waals surface area (Å²) in [6.45, 7) is 0. The summed E-state index contributed by atoms with van der Waals surface area (Å²) in [5.74, 6) is 0.900. The molecule has 0 spiro atoms. The van der Waals surface area contributed by atoms with E-state index in [1.807, 2.05) is 5.41 Å². The second kappa shape index (κ2) is 2.94. The van der Waals surface area contributed by atoms with Crippen LogP contribution in [0.5, 0.6) is 0 Å². The molecule has 4 nitrogen and oxygen atoms in total. The molecule has 1 aliphatic rings. The molecule has 0 atom stereocenters. The fraction of sp³-hybridized carbons (Fsp3) is 0. The van der Waals surface area contributed by atoms with Crippen LogP contribution < -0.4 is 5.32 Å². The van der Waals surface area contributed by atoms with Gasteiger partial charge < -0.3 is 5.32 Å². The first-order valence-corrected chi connectivity index (χ1v) is 4.18. The van der Waals surface area contributed by atoms with E-state index in [2.05, 4.69) is 15.3 Å². The standard InChI is InChI=1S/C7H5N3OS/c11-4-6-9-3-5-7(10-6)8-1-2-12-5/h1-4H,(H,8,9,10).